The van der Waals surface area contributed by atoms with Gasteiger partial charge in [0.05, 0.1) is 14.6 Å². The van der Waals surface area contributed by atoms with E-state index in [0.29, 0.717) is 32.2 Å². The molecule has 1 aliphatic heterocycles. The molecule has 1 atom stereocenters. The van der Waals surface area contributed by atoms with E-state index in [1.807, 2.05) is 0 Å². The number of aromatic nitrogens is 1. The van der Waals surface area contributed by atoms with E-state index in [9.17, 15) is 17.6 Å². The number of sulfonamides is 1. The molecule has 2 aromatic heterocycles. The van der Waals surface area contributed by atoms with Crippen molar-refractivity contribution in [3.63, 3.8) is 0 Å². The summed E-state index contributed by atoms with van der Waals surface area (Å²) < 4.78 is 44.6. The molecule has 0 aliphatic carbocycles. The van der Waals surface area contributed by atoms with Gasteiger partial charge in [-0.1, -0.05) is 41.5 Å². The second-order valence-electron chi connectivity index (χ2n) is 7.01. The summed E-state index contributed by atoms with van der Waals surface area (Å²) in [5.41, 5.74) is 0.347. The zero-order valence-corrected chi connectivity index (χ0v) is 19.5. The lowest BCUT2D eigenvalue weighted by molar-refractivity contribution is -0.122. The smallest absolute Gasteiger partial charge is 0.266 e. The third-order valence-electron chi connectivity index (χ3n) is 5.02. The van der Waals surface area contributed by atoms with Crippen LogP contribution in [0.2, 0.25) is 4.34 Å². The van der Waals surface area contributed by atoms with E-state index in [1.165, 1.54) is 33.8 Å². The molecule has 1 fully saturated rings. The van der Waals surface area contributed by atoms with Crippen LogP contribution in [0.4, 0.5) is 4.39 Å². The van der Waals surface area contributed by atoms with Crippen molar-refractivity contribution in [2.75, 3.05) is 6.54 Å². The number of piperidine rings is 1. The number of rotatable bonds is 5. The summed E-state index contributed by atoms with van der Waals surface area (Å²) in [5.74, 6) is -0.975. The fraction of sp³-hybridized carbons (Fsp3) is 0.300. The topological polar surface area (TPSA) is 71.7 Å². The third kappa shape index (κ3) is 4.27. The van der Waals surface area contributed by atoms with E-state index in [-0.39, 0.29) is 17.3 Å². The number of nitrogens with zero attached hydrogens (tertiary/aromatic N) is 3. The van der Waals surface area contributed by atoms with Gasteiger partial charge in [0.15, 0.2) is 4.80 Å². The molecule has 31 heavy (non-hydrogen) atoms. The average molecular weight is 500 g/mol. The number of halogens is 2. The van der Waals surface area contributed by atoms with Gasteiger partial charge in [0.2, 0.25) is 0 Å². The third-order valence-corrected chi connectivity index (χ3v) is 9.67. The molecule has 3 heterocycles. The number of carbonyl (C=O) groups is 1. The first-order valence-electron chi connectivity index (χ1n) is 9.57. The number of amides is 1. The van der Waals surface area contributed by atoms with Crippen LogP contribution in [-0.2, 0) is 21.4 Å². The van der Waals surface area contributed by atoms with E-state index in [1.54, 1.807) is 22.8 Å². The first kappa shape index (κ1) is 22.3. The molecule has 1 aliphatic rings. The van der Waals surface area contributed by atoms with Gasteiger partial charge in [-0.2, -0.15) is 9.30 Å². The highest BCUT2D eigenvalue weighted by Crippen LogP contribution is 2.32. The summed E-state index contributed by atoms with van der Waals surface area (Å²) in [6.07, 6.45) is 3.35. The molecular formula is C20H19ClFN3O3S3. The quantitative estimate of drug-likeness (QED) is 0.488. The van der Waals surface area contributed by atoms with Crippen LogP contribution in [0.15, 0.2) is 52.2 Å². The average Bonchev–Trinajstić information content (AvgIpc) is 3.33. The van der Waals surface area contributed by atoms with Crippen LogP contribution in [0.25, 0.3) is 10.2 Å². The van der Waals surface area contributed by atoms with Crippen molar-refractivity contribution in [2.24, 2.45) is 4.99 Å². The number of allylic oxidation sites excluding steroid dienone is 1. The molecule has 4 rings (SSSR count). The van der Waals surface area contributed by atoms with Crippen LogP contribution in [0.3, 0.4) is 0 Å². The molecule has 164 valence electrons. The van der Waals surface area contributed by atoms with Gasteiger partial charge in [0, 0.05) is 13.1 Å². The van der Waals surface area contributed by atoms with Crippen LogP contribution in [-0.4, -0.2) is 35.8 Å². The Morgan fingerprint density at radius 1 is 1.29 bits per heavy atom. The molecular weight excluding hydrogens is 481 g/mol. The summed E-state index contributed by atoms with van der Waals surface area (Å²) in [4.78, 5) is 17.7. The number of para-hydroxylation sites is 1. The van der Waals surface area contributed by atoms with E-state index in [2.05, 4.69) is 11.6 Å². The van der Waals surface area contributed by atoms with Gasteiger partial charge in [0.1, 0.15) is 16.1 Å². The molecule has 1 saturated heterocycles. The number of hydrogen-bond acceptors (Lipinski definition) is 5. The van der Waals surface area contributed by atoms with Gasteiger partial charge in [-0.3, -0.25) is 4.79 Å². The predicted molar refractivity (Wildman–Crippen MR) is 121 cm³/mol. The molecule has 1 unspecified atom stereocenters. The number of carbonyl (C=O) groups excluding carboxylic acids is 1. The molecule has 0 radical (unpaired) electrons. The molecule has 3 aromatic rings. The first-order valence-corrected chi connectivity index (χ1v) is 13.0. The number of thiazole rings is 1. The Bertz CT molecular complexity index is 1330. The van der Waals surface area contributed by atoms with Crippen LogP contribution >= 0.6 is 34.3 Å². The van der Waals surface area contributed by atoms with Crippen molar-refractivity contribution < 1.29 is 17.6 Å². The highest BCUT2D eigenvalue weighted by molar-refractivity contribution is 7.91. The lowest BCUT2D eigenvalue weighted by Crippen LogP contribution is -2.47. The van der Waals surface area contributed by atoms with E-state index in [4.69, 9.17) is 11.6 Å². The Morgan fingerprint density at radius 2 is 2.10 bits per heavy atom. The Labute approximate surface area is 192 Å². The Kier molecular flexibility index (Phi) is 6.45. The summed E-state index contributed by atoms with van der Waals surface area (Å²) in [6, 6.07) is 6.76. The van der Waals surface area contributed by atoms with Gasteiger partial charge in [0.25, 0.3) is 15.9 Å². The first-order chi connectivity index (χ1) is 14.8. The van der Waals surface area contributed by atoms with Crippen molar-refractivity contribution in [3.05, 3.63) is 57.9 Å². The summed E-state index contributed by atoms with van der Waals surface area (Å²) in [6.45, 7) is 4.20. The van der Waals surface area contributed by atoms with Crippen LogP contribution < -0.4 is 4.80 Å². The maximum atomic E-state index is 14.4. The Hall–Kier alpha value is -1.85. The van der Waals surface area contributed by atoms with E-state index < -0.39 is 27.8 Å². The molecule has 0 saturated carbocycles. The zero-order valence-electron chi connectivity index (χ0n) is 16.3. The second kappa shape index (κ2) is 8.95. The largest absolute Gasteiger partial charge is 0.310 e. The van der Waals surface area contributed by atoms with Gasteiger partial charge in [-0.05, 0) is 37.1 Å². The maximum absolute atomic E-state index is 14.4. The molecule has 0 N–H and O–H groups in total. The summed E-state index contributed by atoms with van der Waals surface area (Å²) in [5, 5.41) is 0. The van der Waals surface area contributed by atoms with E-state index in [0.717, 1.165) is 17.8 Å². The van der Waals surface area contributed by atoms with Crippen molar-refractivity contribution >= 4 is 60.4 Å². The summed E-state index contributed by atoms with van der Waals surface area (Å²) >= 11 is 8.06. The standard InChI is InChI=1S/C20H19ClFN3O3S3/c1-2-11-24-18-13(22)6-5-8-15(18)29-20(24)23-19(26)14-7-3-4-12-25(14)31(27,28)17-10-9-16(21)30-17/h2,5-6,8-10,14H,1,3-4,7,11-12H2. The molecule has 0 spiro atoms. The highest BCUT2D eigenvalue weighted by Gasteiger charge is 2.38. The van der Waals surface area contributed by atoms with Gasteiger partial charge in [-0.15, -0.1) is 17.9 Å². The van der Waals surface area contributed by atoms with E-state index >= 15 is 0 Å². The van der Waals surface area contributed by atoms with Crippen molar-refractivity contribution in [3.8, 4) is 0 Å². The zero-order chi connectivity index (χ0) is 22.2. The Morgan fingerprint density at radius 3 is 2.81 bits per heavy atom. The number of benzene rings is 1. The second-order valence-corrected chi connectivity index (χ2v) is 11.8. The van der Waals surface area contributed by atoms with Crippen molar-refractivity contribution in [1.29, 1.82) is 0 Å². The number of fused-ring (bicyclic) bond motifs is 1. The number of thiophene rings is 1. The van der Waals surface area contributed by atoms with Crippen molar-refractivity contribution in [1.82, 2.24) is 8.87 Å². The van der Waals surface area contributed by atoms with Crippen LogP contribution in [0.1, 0.15) is 19.3 Å². The summed E-state index contributed by atoms with van der Waals surface area (Å²) in [7, 11) is -3.87. The van der Waals surface area contributed by atoms with Crippen molar-refractivity contribution in [2.45, 2.75) is 36.1 Å². The minimum Gasteiger partial charge on any atom is -0.310 e. The molecule has 1 aromatic carbocycles. The highest BCUT2D eigenvalue weighted by atomic mass is 35.5. The fourth-order valence-electron chi connectivity index (χ4n) is 3.63. The van der Waals surface area contributed by atoms with Gasteiger partial charge in [-0.25, -0.2) is 12.8 Å². The SMILES string of the molecule is C=CCn1c(=NC(=O)C2CCCCN2S(=O)(=O)c2ccc(Cl)s2)sc2cccc(F)c21. The lowest BCUT2D eigenvalue weighted by atomic mass is 10.0. The molecule has 0 bridgehead atoms. The molecule has 1 amide bonds. The maximum Gasteiger partial charge on any atom is 0.266 e. The lowest BCUT2D eigenvalue weighted by Gasteiger charge is -2.31. The van der Waals surface area contributed by atoms with Crippen LogP contribution in [0.5, 0.6) is 0 Å². The Balaban J connectivity index is 1.76. The minimum atomic E-state index is -3.87. The fourth-order valence-corrected chi connectivity index (χ4v) is 7.95. The monoisotopic (exact) mass is 499 g/mol. The minimum absolute atomic E-state index is 0.0999. The molecule has 6 nitrogen and oxygen atoms in total. The normalized spacial score (nSPS) is 18.5. The predicted octanol–water partition coefficient (Wildman–Crippen LogP) is 4.41. The van der Waals surface area contributed by atoms with Gasteiger partial charge >= 0.3 is 0 Å². The number of hydrogen-bond donors (Lipinski definition) is 0. The molecule has 11 heteroatoms. The van der Waals surface area contributed by atoms with Crippen LogP contribution in [0, 0.1) is 5.82 Å². The van der Waals surface area contributed by atoms with Gasteiger partial charge < -0.3 is 4.57 Å².